The summed E-state index contributed by atoms with van der Waals surface area (Å²) in [6.07, 6.45) is 5.37. The second-order valence-corrected chi connectivity index (χ2v) is 4.24. The molecule has 0 spiro atoms. The Balaban J connectivity index is 2.21. The summed E-state index contributed by atoms with van der Waals surface area (Å²) in [6.45, 7) is 2.73. The smallest absolute Gasteiger partial charge is 0.0606 e. The standard InChI is InChI=1S/C11H22O3/c1-9-8-10(4-2-6-12)14-11(9)5-3-7-13/h9-13H,2-8H2,1H3/t9?,10-,11-/m0/s1. The minimum Gasteiger partial charge on any atom is -0.396 e. The summed E-state index contributed by atoms with van der Waals surface area (Å²) in [5, 5.41) is 17.4. The molecule has 2 N–H and O–H groups in total. The number of aliphatic hydroxyl groups excluding tert-OH is 2. The van der Waals surface area contributed by atoms with E-state index in [1.165, 1.54) is 0 Å². The van der Waals surface area contributed by atoms with Crippen LogP contribution in [0.2, 0.25) is 0 Å². The van der Waals surface area contributed by atoms with Crippen LogP contribution in [0.3, 0.4) is 0 Å². The van der Waals surface area contributed by atoms with Gasteiger partial charge in [-0.25, -0.2) is 0 Å². The number of hydrogen-bond donors (Lipinski definition) is 2. The molecule has 1 saturated heterocycles. The number of hydrogen-bond acceptors (Lipinski definition) is 3. The molecule has 1 fully saturated rings. The van der Waals surface area contributed by atoms with Crippen LogP contribution in [-0.2, 0) is 4.74 Å². The van der Waals surface area contributed by atoms with Crippen LogP contribution in [0.4, 0.5) is 0 Å². The van der Waals surface area contributed by atoms with Gasteiger partial charge in [-0.2, -0.15) is 0 Å². The largest absolute Gasteiger partial charge is 0.396 e. The van der Waals surface area contributed by atoms with Gasteiger partial charge >= 0.3 is 0 Å². The zero-order valence-corrected chi connectivity index (χ0v) is 8.98. The fourth-order valence-electron chi connectivity index (χ4n) is 2.15. The van der Waals surface area contributed by atoms with E-state index >= 15 is 0 Å². The van der Waals surface area contributed by atoms with Gasteiger partial charge in [-0.1, -0.05) is 6.92 Å². The van der Waals surface area contributed by atoms with Crippen molar-refractivity contribution in [1.29, 1.82) is 0 Å². The Morgan fingerprint density at radius 3 is 2.43 bits per heavy atom. The van der Waals surface area contributed by atoms with Crippen molar-refractivity contribution < 1.29 is 14.9 Å². The van der Waals surface area contributed by atoms with Crippen LogP contribution in [0.5, 0.6) is 0 Å². The van der Waals surface area contributed by atoms with Crippen LogP contribution in [-0.4, -0.2) is 35.6 Å². The maximum absolute atomic E-state index is 8.73. The second-order valence-electron chi connectivity index (χ2n) is 4.24. The average molecular weight is 202 g/mol. The molecular weight excluding hydrogens is 180 g/mol. The van der Waals surface area contributed by atoms with E-state index in [0.717, 1.165) is 32.1 Å². The van der Waals surface area contributed by atoms with Crippen molar-refractivity contribution in [2.45, 2.75) is 51.2 Å². The fourth-order valence-corrected chi connectivity index (χ4v) is 2.15. The summed E-state index contributed by atoms with van der Waals surface area (Å²) in [5.41, 5.74) is 0. The highest BCUT2D eigenvalue weighted by Crippen LogP contribution is 2.30. The summed E-state index contributed by atoms with van der Waals surface area (Å²) in [5.74, 6) is 0.602. The van der Waals surface area contributed by atoms with Crippen molar-refractivity contribution in [3.8, 4) is 0 Å². The van der Waals surface area contributed by atoms with Crippen molar-refractivity contribution in [1.82, 2.24) is 0 Å². The Morgan fingerprint density at radius 1 is 1.14 bits per heavy atom. The van der Waals surface area contributed by atoms with E-state index in [0.29, 0.717) is 18.1 Å². The Labute approximate surface area is 86.1 Å². The average Bonchev–Trinajstić information content (AvgIpc) is 2.53. The third-order valence-electron chi connectivity index (χ3n) is 2.97. The predicted octanol–water partition coefficient (Wildman–Crippen LogP) is 1.32. The third kappa shape index (κ3) is 3.56. The summed E-state index contributed by atoms with van der Waals surface area (Å²) < 4.78 is 5.86. The number of rotatable bonds is 6. The van der Waals surface area contributed by atoms with E-state index in [4.69, 9.17) is 14.9 Å². The maximum atomic E-state index is 8.73. The first kappa shape index (κ1) is 12.0. The van der Waals surface area contributed by atoms with Crippen LogP contribution in [0, 0.1) is 5.92 Å². The quantitative estimate of drug-likeness (QED) is 0.683. The molecule has 3 atom stereocenters. The molecule has 0 aliphatic carbocycles. The van der Waals surface area contributed by atoms with Gasteiger partial charge in [0.2, 0.25) is 0 Å². The van der Waals surface area contributed by atoms with Gasteiger partial charge in [0.05, 0.1) is 12.2 Å². The maximum Gasteiger partial charge on any atom is 0.0606 e. The number of aliphatic hydroxyl groups is 2. The highest BCUT2D eigenvalue weighted by atomic mass is 16.5. The van der Waals surface area contributed by atoms with Gasteiger partial charge in [0, 0.05) is 13.2 Å². The first-order chi connectivity index (χ1) is 6.77. The monoisotopic (exact) mass is 202 g/mol. The van der Waals surface area contributed by atoms with Crippen LogP contribution < -0.4 is 0 Å². The summed E-state index contributed by atoms with van der Waals surface area (Å²) in [7, 11) is 0. The molecule has 0 saturated carbocycles. The van der Waals surface area contributed by atoms with Gasteiger partial charge in [-0.15, -0.1) is 0 Å². The molecule has 3 nitrogen and oxygen atoms in total. The van der Waals surface area contributed by atoms with Gasteiger partial charge in [-0.05, 0) is 38.0 Å². The van der Waals surface area contributed by atoms with Crippen LogP contribution in [0.25, 0.3) is 0 Å². The zero-order valence-electron chi connectivity index (χ0n) is 8.98. The molecule has 0 amide bonds. The van der Waals surface area contributed by atoms with Crippen molar-refractivity contribution in [3.63, 3.8) is 0 Å². The fraction of sp³-hybridized carbons (Fsp3) is 1.00. The van der Waals surface area contributed by atoms with Crippen molar-refractivity contribution >= 4 is 0 Å². The van der Waals surface area contributed by atoms with Gasteiger partial charge in [0.15, 0.2) is 0 Å². The molecule has 0 radical (unpaired) electrons. The third-order valence-corrected chi connectivity index (χ3v) is 2.97. The van der Waals surface area contributed by atoms with Gasteiger partial charge < -0.3 is 14.9 Å². The predicted molar refractivity (Wildman–Crippen MR) is 55.1 cm³/mol. The molecule has 0 aromatic rings. The van der Waals surface area contributed by atoms with Crippen LogP contribution in [0.15, 0.2) is 0 Å². The van der Waals surface area contributed by atoms with E-state index in [9.17, 15) is 0 Å². The minimum absolute atomic E-state index is 0.258. The minimum atomic E-state index is 0.258. The second kappa shape index (κ2) is 6.38. The molecule has 1 rings (SSSR count). The molecule has 1 aliphatic heterocycles. The lowest BCUT2D eigenvalue weighted by Gasteiger charge is -2.14. The van der Waals surface area contributed by atoms with Crippen LogP contribution in [0.1, 0.15) is 39.0 Å². The Morgan fingerprint density at radius 2 is 1.79 bits per heavy atom. The first-order valence-corrected chi connectivity index (χ1v) is 5.65. The molecule has 14 heavy (non-hydrogen) atoms. The zero-order chi connectivity index (χ0) is 10.4. The van der Waals surface area contributed by atoms with E-state index in [1.807, 2.05) is 0 Å². The molecule has 0 bridgehead atoms. The van der Waals surface area contributed by atoms with Crippen molar-refractivity contribution in [2.75, 3.05) is 13.2 Å². The summed E-state index contributed by atoms with van der Waals surface area (Å²) in [4.78, 5) is 0. The molecular formula is C11H22O3. The van der Waals surface area contributed by atoms with E-state index < -0.39 is 0 Å². The van der Waals surface area contributed by atoms with Crippen LogP contribution >= 0.6 is 0 Å². The lowest BCUT2D eigenvalue weighted by atomic mass is 9.97. The Kier molecular flexibility index (Phi) is 5.45. The normalized spacial score (nSPS) is 32.4. The lowest BCUT2D eigenvalue weighted by molar-refractivity contribution is 0.0209. The number of ether oxygens (including phenoxy) is 1. The van der Waals surface area contributed by atoms with E-state index in [-0.39, 0.29) is 13.2 Å². The molecule has 1 aliphatic rings. The SMILES string of the molecule is CC1C[C@H](CCCO)O[C@H]1CCCO. The first-order valence-electron chi connectivity index (χ1n) is 5.65. The van der Waals surface area contributed by atoms with Crippen molar-refractivity contribution in [2.24, 2.45) is 5.92 Å². The summed E-state index contributed by atoms with van der Waals surface area (Å²) in [6, 6.07) is 0. The highest BCUT2D eigenvalue weighted by Gasteiger charge is 2.30. The van der Waals surface area contributed by atoms with Crippen molar-refractivity contribution in [3.05, 3.63) is 0 Å². The summed E-state index contributed by atoms with van der Waals surface area (Å²) >= 11 is 0. The molecule has 84 valence electrons. The topological polar surface area (TPSA) is 49.7 Å². The molecule has 0 aromatic heterocycles. The highest BCUT2D eigenvalue weighted by molar-refractivity contribution is 4.79. The van der Waals surface area contributed by atoms with Gasteiger partial charge in [0.1, 0.15) is 0 Å². The molecule has 1 unspecified atom stereocenters. The van der Waals surface area contributed by atoms with Gasteiger partial charge in [0.25, 0.3) is 0 Å². The van der Waals surface area contributed by atoms with Gasteiger partial charge in [-0.3, -0.25) is 0 Å². The lowest BCUT2D eigenvalue weighted by Crippen LogP contribution is -2.15. The molecule has 1 heterocycles. The Bertz CT molecular complexity index is 149. The Hall–Kier alpha value is -0.120. The molecule has 0 aromatic carbocycles. The van der Waals surface area contributed by atoms with E-state index in [2.05, 4.69) is 6.92 Å². The van der Waals surface area contributed by atoms with E-state index in [1.54, 1.807) is 0 Å². The molecule has 3 heteroatoms.